The molecule has 1 aliphatic rings. The number of hydrogen-bond donors (Lipinski definition) is 0. The Labute approximate surface area is 180 Å². The lowest BCUT2D eigenvalue weighted by Gasteiger charge is -2.21. The van der Waals surface area contributed by atoms with Crippen molar-refractivity contribution in [3.8, 4) is 11.3 Å². The van der Waals surface area contributed by atoms with E-state index in [1.54, 1.807) is 0 Å². The number of rotatable bonds is 1. The van der Waals surface area contributed by atoms with E-state index in [1.165, 1.54) is 37.1 Å². The smallest absolute Gasteiger partial charge is 0.147 e. The monoisotopic (exact) mass is 409 g/mol. The van der Waals surface area contributed by atoms with Gasteiger partial charge in [0.1, 0.15) is 11.3 Å². The highest BCUT2D eigenvalue weighted by Crippen LogP contribution is 2.54. The summed E-state index contributed by atoms with van der Waals surface area (Å²) in [6.07, 6.45) is 0.903. The first-order chi connectivity index (χ1) is 14.4. The van der Waals surface area contributed by atoms with E-state index in [-0.39, 0.29) is 5.41 Å². The lowest BCUT2D eigenvalue weighted by molar-refractivity contribution is 0.366. The van der Waals surface area contributed by atoms with Crippen LogP contribution in [0.1, 0.15) is 32.1 Å². The molecule has 0 saturated carbocycles. The molecule has 0 saturated heterocycles. The number of pyridine rings is 1. The highest BCUT2D eigenvalue weighted by atomic mass is 32.2. The van der Waals surface area contributed by atoms with Gasteiger partial charge in [0.05, 0.1) is 21.5 Å². The fraction of sp³-hybridized carbons (Fsp3) is 0.222. The predicted octanol–water partition coefficient (Wildman–Crippen LogP) is 8.16. The number of aromatic nitrogens is 1. The van der Waals surface area contributed by atoms with Crippen molar-refractivity contribution in [3.05, 3.63) is 65.9 Å². The zero-order chi connectivity index (χ0) is 20.6. The van der Waals surface area contributed by atoms with E-state index in [4.69, 9.17) is 9.40 Å². The summed E-state index contributed by atoms with van der Waals surface area (Å²) >= 11 is 1.87. The zero-order valence-electron chi connectivity index (χ0n) is 17.7. The minimum absolute atomic E-state index is 0.146. The summed E-state index contributed by atoms with van der Waals surface area (Å²) in [5.41, 5.74) is 5.73. The van der Waals surface area contributed by atoms with Crippen LogP contribution in [-0.2, 0) is 6.42 Å². The van der Waals surface area contributed by atoms with Gasteiger partial charge in [0.25, 0.3) is 0 Å². The molecule has 2 nitrogen and oxygen atoms in total. The molecule has 0 aliphatic carbocycles. The Bertz CT molecular complexity index is 1490. The van der Waals surface area contributed by atoms with Crippen molar-refractivity contribution in [2.75, 3.05) is 0 Å². The average Bonchev–Trinajstić information content (AvgIpc) is 3.06. The largest absolute Gasteiger partial charge is 0.459 e. The highest BCUT2D eigenvalue weighted by Gasteiger charge is 2.31. The molecule has 0 bridgehead atoms. The van der Waals surface area contributed by atoms with Gasteiger partial charge in [-0.1, -0.05) is 68.9 Å². The molecular formula is C27H23NOS. The number of hydrogen-bond acceptors (Lipinski definition) is 3. The van der Waals surface area contributed by atoms with Gasteiger partial charge >= 0.3 is 0 Å². The Morgan fingerprint density at radius 3 is 2.47 bits per heavy atom. The van der Waals surface area contributed by atoms with E-state index in [0.717, 1.165) is 34.4 Å². The van der Waals surface area contributed by atoms with Gasteiger partial charge in [0, 0.05) is 22.3 Å². The maximum Gasteiger partial charge on any atom is 0.147 e. The van der Waals surface area contributed by atoms with Crippen molar-refractivity contribution >= 4 is 44.4 Å². The Morgan fingerprint density at radius 1 is 0.933 bits per heavy atom. The molecule has 3 heteroatoms. The van der Waals surface area contributed by atoms with Crippen LogP contribution >= 0.6 is 11.8 Å². The second-order valence-electron chi connectivity index (χ2n) is 9.47. The first kappa shape index (κ1) is 18.0. The number of furan rings is 1. The fourth-order valence-corrected chi connectivity index (χ4v) is 5.88. The van der Waals surface area contributed by atoms with Crippen molar-refractivity contribution in [1.82, 2.24) is 4.98 Å². The van der Waals surface area contributed by atoms with Crippen LogP contribution in [0.4, 0.5) is 0 Å². The molecule has 0 amide bonds. The number of para-hydroxylation sites is 1. The number of benzene rings is 3. The maximum absolute atomic E-state index is 6.61. The molecule has 6 rings (SSSR count). The normalized spacial score (nSPS) is 13.3. The molecule has 3 aromatic carbocycles. The summed E-state index contributed by atoms with van der Waals surface area (Å²) in [4.78, 5) is 7.72. The van der Waals surface area contributed by atoms with Gasteiger partial charge in [-0.05, 0) is 46.9 Å². The highest BCUT2D eigenvalue weighted by molar-refractivity contribution is 8.00. The summed E-state index contributed by atoms with van der Waals surface area (Å²) < 4.78 is 6.61. The zero-order valence-corrected chi connectivity index (χ0v) is 18.5. The molecule has 0 unspecified atom stereocenters. The van der Waals surface area contributed by atoms with E-state index in [2.05, 4.69) is 82.3 Å². The van der Waals surface area contributed by atoms with Gasteiger partial charge in [-0.3, -0.25) is 0 Å². The van der Waals surface area contributed by atoms with E-state index < -0.39 is 0 Å². The van der Waals surface area contributed by atoms with Gasteiger partial charge in [0.15, 0.2) is 0 Å². The molecule has 0 spiro atoms. The molecule has 1 aliphatic heterocycles. The number of aryl methyl sites for hydroxylation is 1. The van der Waals surface area contributed by atoms with Gasteiger partial charge in [-0.25, -0.2) is 4.98 Å². The summed E-state index contributed by atoms with van der Waals surface area (Å²) in [5.74, 6) is 1.08. The first-order valence-corrected chi connectivity index (χ1v) is 11.3. The third-order valence-corrected chi connectivity index (χ3v) is 7.32. The second kappa shape index (κ2) is 6.12. The van der Waals surface area contributed by atoms with Crippen LogP contribution in [0.5, 0.6) is 0 Å². The van der Waals surface area contributed by atoms with Crippen LogP contribution < -0.4 is 0 Å². The molecule has 30 heavy (non-hydrogen) atoms. The SMILES string of the molecule is Cc1c2c(cc3ccccc13)-c1nc3ccccc3c3oc(CC(C)(C)C)c(c13)S2. The van der Waals surface area contributed by atoms with Crippen LogP contribution in [0.2, 0.25) is 0 Å². The number of nitrogens with zero attached hydrogens (tertiary/aromatic N) is 1. The fourth-order valence-electron chi connectivity index (χ4n) is 4.63. The van der Waals surface area contributed by atoms with Crippen LogP contribution in [-0.4, -0.2) is 4.98 Å². The summed E-state index contributed by atoms with van der Waals surface area (Å²) in [7, 11) is 0. The Balaban J connectivity index is 1.77. The average molecular weight is 410 g/mol. The molecule has 3 heterocycles. The van der Waals surface area contributed by atoms with Crippen LogP contribution in [0, 0.1) is 12.3 Å². The first-order valence-electron chi connectivity index (χ1n) is 10.5. The lowest BCUT2D eigenvalue weighted by Crippen LogP contribution is -2.09. The molecule has 2 aromatic heterocycles. The van der Waals surface area contributed by atoms with Crippen molar-refractivity contribution in [3.63, 3.8) is 0 Å². The van der Waals surface area contributed by atoms with Gasteiger partial charge < -0.3 is 4.42 Å². The summed E-state index contributed by atoms with van der Waals surface area (Å²) in [6, 6.07) is 19.3. The Hall–Kier alpha value is -2.78. The molecule has 0 radical (unpaired) electrons. The lowest BCUT2D eigenvalue weighted by atomic mass is 9.90. The standard InChI is InChI=1S/C27H23NOS/c1-15-17-10-6-5-9-16(17)13-19-23-22-24(18-11-7-8-12-20(18)28-23)29-21(14-27(2,3)4)26(22)30-25(15)19/h5-13H,14H2,1-4H3. The van der Waals surface area contributed by atoms with Gasteiger partial charge in [-0.2, -0.15) is 0 Å². The van der Waals surface area contributed by atoms with E-state index in [0.29, 0.717) is 0 Å². The molecule has 5 aromatic rings. The minimum Gasteiger partial charge on any atom is -0.459 e. The van der Waals surface area contributed by atoms with Crippen molar-refractivity contribution in [2.45, 2.75) is 43.9 Å². The predicted molar refractivity (Wildman–Crippen MR) is 126 cm³/mol. The second-order valence-corrected chi connectivity index (χ2v) is 10.5. The van der Waals surface area contributed by atoms with Crippen LogP contribution in [0.3, 0.4) is 0 Å². The molecule has 0 fully saturated rings. The Morgan fingerprint density at radius 2 is 1.67 bits per heavy atom. The summed E-state index contributed by atoms with van der Waals surface area (Å²) in [5, 5.41) is 4.85. The molecule has 0 atom stereocenters. The Kier molecular flexibility index (Phi) is 3.67. The minimum atomic E-state index is 0.146. The van der Waals surface area contributed by atoms with Crippen LogP contribution in [0.25, 0.3) is 43.9 Å². The topological polar surface area (TPSA) is 26.0 Å². The van der Waals surface area contributed by atoms with Crippen molar-refractivity contribution in [1.29, 1.82) is 0 Å². The molecular weight excluding hydrogens is 386 g/mol. The third kappa shape index (κ3) is 2.55. The van der Waals surface area contributed by atoms with Gasteiger partial charge in [-0.15, -0.1) is 0 Å². The van der Waals surface area contributed by atoms with E-state index in [1.807, 2.05) is 11.8 Å². The van der Waals surface area contributed by atoms with Crippen LogP contribution in [0.15, 0.2) is 68.8 Å². The van der Waals surface area contributed by atoms with Crippen molar-refractivity contribution in [2.24, 2.45) is 5.41 Å². The number of fused-ring (bicyclic) bond motifs is 5. The van der Waals surface area contributed by atoms with Crippen molar-refractivity contribution < 1.29 is 4.42 Å². The molecule has 0 N–H and O–H groups in total. The van der Waals surface area contributed by atoms with Gasteiger partial charge in [0.2, 0.25) is 0 Å². The maximum atomic E-state index is 6.61. The summed E-state index contributed by atoms with van der Waals surface area (Å²) in [6.45, 7) is 9.04. The third-order valence-electron chi connectivity index (χ3n) is 5.95. The van der Waals surface area contributed by atoms with E-state index >= 15 is 0 Å². The molecule has 148 valence electrons. The van der Waals surface area contributed by atoms with E-state index in [9.17, 15) is 0 Å². The quantitative estimate of drug-likeness (QED) is 0.274.